The number of aryl methyl sites for hydroxylation is 1. The molecule has 0 spiro atoms. The lowest BCUT2D eigenvalue weighted by atomic mass is 10.0. The maximum absolute atomic E-state index is 4.37. The van der Waals surface area contributed by atoms with Gasteiger partial charge in [-0.25, -0.2) is 0 Å². The molecule has 0 saturated heterocycles. The average molecular weight is 248 g/mol. The molecule has 1 N–H and O–H groups in total. The molecule has 100 valence electrons. The Morgan fingerprint density at radius 3 is 2.94 bits per heavy atom. The van der Waals surface area contributed by atoms with Crippen molar-refractivity contribution in [2.24, 2.45) is 5.92 Å². The summed E-state index contributed by atoms with van der Waals surface area (Å²) in [6.45, 7) is 5.46. The molecule has 1 aliphatic heterocycles. The Morgan fingerprint density at radius 1 is 1.28 bits per heavy atom. The molecule has 0 aromatic carbocycles. The van der Waals surface area contributed by atoms with Gasteiger partial charge in [0.1, 0.15) is 11.6 Å². The van der Waals surface area contributed by atoms with Gasteiger partial charge in [-0.05, 0) is 44.9 Å². The zero-order valence-corrected chi connectivity index (χ0v) is 11.5. The lowest BCUT2D eigenvalue weighted by Gasteiger charge is -2.27. The van der Waals surface area contributed by atoms with Crippen molar-refractivity contribution in [3.05, 3.63) is 11.6 Å². The van der Waals surface area contributed by atoms with E-state index in [1.54, 1.807) is 0 Å². The largest absolute Gasteiger partial charge is 0.314 e. The first-order valence-corrected chi connectivity index (χ1v) is 7.43. The van der Waals surface area contributed by atoms with Crippen molar-refractivity contribution in [2.75, 3.05) is 0 Å². The molecule has 3 rings (SSSR count). The lowest BCUT2D eigenvalue weighted by molar-refractivity contribution is 0.340. The Balaban J connectivity index is 1.67. The summed E-state index contributed by atoms with van der Waals surface area (Å²) in [6.07, 6.45) is 7.87. The van der Waals surface area contributed by atoms with Crippen molar-refractivity contribution in [3.8, 4) is 0 Å². The maximum atomic E-state index is 4.37. The quantitative estimate of drug-likeness (QED) is 0.894. The molecule has 0 amide bonds. The van der Waals surface area contributed by atoms with Crippen LogP contribution in [0.1, 0.15) is 63.1 Å². The van der Waals surface area contributed by atoms with E-state index >= 15 is 0 Å². The van der Waals surface area contributed by atoms with Crippen molar-refractivity contribution in [3.63, 3.8) is 0 Å². The van der Waals surface area contributed by atoms with Crippen molar-refractivity contribution >= 4 is 0 Å². The van der Waals surface area contributed by atoms with Gasteiger partial charge in [-0.15, -0.1) is 10.2 Å². The first kappa shape index (κ1) is 12.2. The first-order valence-electron chi connectivity index (χ1n) is 7.43. The number of nitrogens with one attached hydrogen (secondary N) is 1. The molecule has 1 aliphatic carbocycles. The monoisotopic (exact) mass is 248 g/mol. The minimum absolute atomic E-state index is 0.431. The van der Waals surface area contributed by atoms with E-state index in [9.17, 15) is 0 Å². The second-order valence-electron chi connectivity index (χ2n) is 5.90. The van der Waals surface area contributed by atoms with E-state index in [1.165, 1.54) is 44.3 Å². The number of rotatable bonds is 3. The topological polar surface area (TPSA) is 42.7 Å². The fraction of sp³-hybridized carbons (Fsp3) is 0.857. The Hall–Kier alpha value is -0.900. The Kier molecular flexibility index (Phi) is 3.37. The van der Waals surface area contributed by atoms with Gasteiger partial charge in [-0.2, -0.15) is 0 Å². The smallest absolute Gasteiger partial charge is 0.150 e. The predicted octanol–water partition coefficient (Wildman–Crippen LogP) is 2.59. The van der Waals surface area contributed by atoms with E-state index in [0.717, 1.165) is 18.3 Å². The molecule has 4 nitrogen and oxygen atoms in total. The van der Waals surface area contributed by atoms with Crippen LogP contribution in [0, 0.1) is 12.8 Å². The fourth-order valence-electron chi connectivity index (χ4n) is 3.55. The molecule has 3 atom stereocenters. The molecular formula is C14H24N4. The summed E-state index contributed by atoms with van der Waals surface area (Å²) in [5.41, 5.74) is 0. The van der Waals surface area contributed by atoms with Gasteiger partial charge in [0, 0.05) is 12.6 Å². The van der Waals surface area contributed by atoms with Gasteiger partial charge >= 0.3 is 0 Å². The summed E-state index contributed by atoms with van der Waals surface area (Å²) >= 11 is 0. The van der Waals surface area contributed by atoms with Crippen LogP contribution in [0.15, 0.2) is 0 Å². The van der Waals surface area contributed by atoms with Crippen molar-refractivity contribution < 1.29 is 0 Å². The lowest BCUT2D eigenvalue weighted by Crippen LogP contribution is -2.35. The molecule has 0 unspecified atom stereocenters. The second kappa shape index (κ2) is 5.00. The van der Waals surface area contributed by atoms with Gasteiger partial charge < -0.3 is 9.88 Å². The number of nitrogens with zero attached hydrogens (tertiary/aromatic N) is 3. The Bertz CT molecular complexity index is 412. The predicted molar refractivity (Wildman–Crippen MR) is 71.3 cm³/mol. The number of hydrogen-bond donors (Lipinski definition) is 1. The molecule has 18 heavy (non-hydrogen) atoms. The first-order chi connectivity index (χ1) is 8.78. The van der Waals surface area contributed by atoms with Crippen LogP contribution in [-0.4, -0.2) is 20.8 Å². The van der Waals surface area contributed by atoms with E-state index in [-0.39, 0.29) is 0 Å². The number of hydrogen-bond acceptors (Lipinski definition) is 3. The van der Waals surface area contributed by atoms with Gasteiger partial charge in [0.15, 0.2) is 0 Å². The summed E-state index contributed by atoms with van der Waals surface area (Å²) in [5, 5.41) is 12.4. The highest BCUT2D eigenvalue weighted by atomic mass is 15.3. The summed E-state index contributed by atoms with van der Waals surface area (Å²) in [4.78, 5) is 0. The molecule has 4 heteroatoms. The summed E-state index contributed by atoms with van der Waals surface area (Å²) < 4.78 is 2.29. The van der Waals surface area contributed by atoms with Crippen molar-refractivity contribution in [1.29, 1.82) is 0 Å². The van der Waals surface area contributed by atoms with E-state index in [1.807, 2.05) is 0 Å². The zero-order valence-electron chi connectivity index (χ0n) is 11.5. The van der Waals surface area contributed by atoms with Gasteiger partial charge in [0.25, 0.3) is 0 Å². The summed E-state index contributed by atoms with van der Waals surface area (Å²) in [7, 11) is 0. The van der Waals surface area contributed by atoms with E-state index < -0.39 is 0 Å². The molecular weight excluding hydrogens is 224 g/mol. The van der Waals surface area contributed by atoms with Crippen LogP contribution in [0.4, 0.5) is 0 Å². The highest BCUT2D eigenvalue weighted by Crippen LogP contribution is 2.31. The number of fused-ring (bicyclic) bond motifs is 1. The Morgan fingerprint density at radius 2 is 2.17 bits per heavy atom. The van der Waals surface area contributed by atoms with Crippen LogP contribution < -0.4 is 5.32 Å². The fourth-order valence-corrected chi connectivity index (χ4v) is 3.55. The molecule has 1 saturated carbocycles. The molecule has 2 aliphatic rings. The van der Waals surface area contributed by atoms with Crippen LogP contribution >= 0.6 is 0 Å². The summed E-state index contributed by atoms with van der Waals surface area (Å²) in [6, 6.07) is 1.13. The molecule has 0 radical (unpaired) electrons. The minimum Gasteiger partial charge on any atom is -0.314 e. The van der Waals surface area contributed by atoms with Gasteiger partial charge in [0.05, 0.1) is 6.04 Å². The van der Waals surface area contributed by atoms with Crippen LogP contribution in [-0.2, 0) is 6.54 Å². The minimum atomic E-state index is 0.431. The third-order valence-electron chi connectivity index (χ3n) is 4.71. The van der Waals surface area contributed by atoms with Gasteiger partial charge in [0.2, 0.25) is 0 Å². The highest BCUT2D eigenvalue weighted by Gasteiger charge is 2.29. The van der Waals surface area contributed by atoms with Gasteiger partial charge in [-0.1, -0.05) is 13.3 Å². The van der Waals surface area contributed by atoms with Crippen molar-refractivity contribution in [1.82, 2.24) is 20.1 Å². The molecule has 1 fully saturated rings. The molecule has 1 aromatic heterocycles. The standard InChI is InChI=1S/C14H24N4/c1-3-11-6-7-12(9-11)15-13-5-4-8-18-10(2)16-17-14(13)18/h11-13,15H,3-9H2,1-2H3/t11-,12+,13-/m1/s1. The maximum Gasteiger partial charge on any atom is 0.150 e. The normalized spacial score (nSPS) is 31.6. The SMILES string of the molecule is CC[C@@H]1CC[C@H](N[C@@H]2CCCn3c(C)nnc32)C1. The van der Waals surface area contributed by atoms with Crippen LogP contribution in [0.25, 0.3) is 0 Å². The molecule has 2 heterocycles. The van der Waals surface area contributed by atoms with E-state index in [4.69, 9.17) is 0 Å². The van der Waals surface area contributed by atoms with Crippen LogP contribution in [0.3, 0.4) is 0 Å². The van der Waals surface area contributed by atoms with Gasteiger partial charge in [-0.3, -0.25) is 0 Å². The average Bonchev–Trinajstić information content (AvgIpc) is 2.98. The number of aromatic nitrogens is 3. The van der Waals surface area contributed by atoms with Crippen molar-refractivity contribution in [2.45, 2.75) is 71.0 Å². The summed E-state index contributed by atoms with van der Waals surface area (Å²) in [5.74, 6) is 3.17. The van der Waals surface area contributed by atoms with Crippen LogP contribution in [0.5, 0.6) is 0 Å². The van der Waals surface area contributed by atoms with Crippen LogP contribution in [0.2, 0.25) is 0 Å². The highest BCUT2D eigenvalue weighted by molar-refractivity contribution is 5.04. The van der Waals surface area contributed by atoms with E-state index in [0.29, 0.717) is 12.1 Å². The third-order valence-corrected chi connectivity index (χ3v) is 4.71. The third kappa shape index (κ3) is 2.18. The Labute approximate surface area is 109 Å². The second-order valence-corrected chi connectivity index (χ2v) is 5.90. The zero-order chi connectivity index (χ0) is 12.5. The van der Waals surface area contributed by atoms with E-state index in [2.05, 4.69) is 33.9 Å². The molecule has 0 bridgehead atoms. The molecule has 1 aromatic rings.